The second-order valence-corrected chi connectivity index (χ2v) is 3.57. The normalized spacial score (nSPS) is 21.3. The molecular formula is C9H14N2O5. The first kappa shape index (κ1) is 12.4. The Bertz CT molecular complexity index is 304. The fourth-order valence-corrected chi connectivity index (χ4v) is 1.47. The minimum Gasteiger partial charge on any atom is -0.480 e. The molecule has 0 aromatic rings. The molecule has 0 aliphatic carbocycles. The zero-order valence-corrected chi connectivity index (χ0v) is 8.60. The van der Waals surface area contributed by atoms with Crippen LogP contribution in [0, 0.1) is 0 Å². The second-order valence-electron chi connectivity index (χ2n) is 3.57. The number of aliphatic hydroxyl groups is 1. The zero-order chi connectivity index (χ0) is 12.1. The lowest BCUT2D eigenvalue weighted by atomic mass is 10.1. The summed E-state index contributed by atoms with van der Waals surface area (Å²) in [5.74, 6) is -1.94. The standard InChI is InChI=1S/C9H14N2O5/c12-4-3-6(9(15)16)11-8(14)5-1-2-7(13)10-5/h5-6,12H,1-4H2,(H,10,13)(H,11,14)(H,15,16)/t5-,6?/m0/s1. The summed E-state index contributed by atoms with van der Waals surface area (Å²) in [6, 6.07) is -1.77. The Morgan fingerprint density at radius 2 is 2.25 bits per heavy atom. The van der Waals surface area contributed by atoms with Gasteiger partial charge < -0.3 is 20.8 Å². The third kappa shape index (κ3) is 3.20. The van der Waals surface area contributed by atoms with Crippen molar-refractivity contribution in [1.29, 1.82) is 0 Å². The molecule has 16 heavy (non-hydrogen) atoms. The van der Waals surface area contributed by atoms with Crippen LogP contribution in [0.3, 0.4) is 0 Å². The van der Waals surface area contributed by atoms with Gasteiger partial charge in [-0.25, -0.2) is 4.79 Å². The number of hydrogen-bond donors (Lipinski definition) is 4. The Kier molecular flexibility index (Phi) is 4.24. The predicted octanol–water partition coefficient (Wildman–Crippen LogP) is -1.78. The molecule has 90 valence electrons. The number of carboxylic acid groups (broad SMARTS) is 1. The summed E-state index contributed by atoms with van der Waals surface area (Å²) in [6.45, 7) is -0.325. The number of nitrogens with one attached hydrogen (secondary N) is 2. The molecule has 0 radical (unpaired) electrons. The molecule has 2 atom stereocenters. The zero-order valence-electron chi connectivity index (χ0n) is 8.60. The lowest BCUT2D eigenvalue weighted by Crippen LogP contribution is -2.49. The van der Waals surface area contributed by atoms with E-state index in [0.717, 1.165) is 0 Å². The molecule has 1 saturated heterocycles. The first-order valence-electron chi connectivity index (χ1n) is 4.98. The van der Waals surface area contributed by atoms with E-state index in [2.05, 4.69) is 10.6 Å². The number of carboxylic acids is 1. The molecule has 0 aromatic heterocycles. The molecule has 7 nitrogen and oxygen atoms in total. The van der Waals surface area contributed by atoms with Gasteiger partial charge >= 0.3 is 5.97 Å². The average Bonchev–Trinajstić information content (AvgIpc) is 2.64. The van der Waals surface area contributed by atoms with Crippen molar-refractivity contribution in [3.05, 3.63) is 0 Å². The lowest BCUT2D eigenvalue weighted by molar-refractivity contribution is -0.142. The van der Waals surface area contributed by atoms with Crippen LogP contribution in [0.15, 0.2) is 0 Å². The van der Waals surface area contributed by atoms with E-state index in [1.165, 1.54) is 0 Å². The summed E-state index contributed by atoms with van der Waals surface area (Å²) in [4.78, 5) is 33.1. The maximum atomic E-state index is 11.5. The van der Waals surface area contributed by atoms with Gasteiger partial charge in [0.25, 0.3) is 0 Å². The average molecular weight is 230 g/mol. The SMILES string of the molecule is O=C1CC[C@@H](C(=O)NC(CCO)C(=O)O)N1. The number of hydrogen-bond acceptors (Lipinski definition) is 4. The van der Waals surface area contributed by atoms with Crippen molar-refractivity contribution in [2.75, 3.05) is 6.61 Å². The predicted molar refractivity (Wildman–Crippen MR) is 52.4 cm³/mol. The van der Waals surface area contributed by atoms with Gasteiger partial charge in [-0.05, 0) is 6.42 Å². The Morgan fingerprint density at radius 3 is 2.69 bits per heavy atom. The first-order chi connectivity index (χ1) is 7.54. The largest absolute Gasteiger partial charge is 0.480 e. The van der Waals surface area contributed by atoms with Gasteiger partial charge in [0.05, 0.1) is 0 Å². The highest BCUT2D eigenvalue weighted by molar-refractivity contribution is 5.92. The summed E-state index contributed by atoms with van der Waals surface area (Å²) < 4.78 is 0. The minimum atomic E-state index is -1.20. The van der Waals surface area contributed by atoms with E-state index in [1.54, 1.807) is 0 Å². The van der Waals surface area contributed by atoms with Gasteiger partial charge in [-0.3, -0.25) is 9.59 Å². The van der Waals surface area contributed by atoms with Crippen LogP contribution in [-0.4, -0.2) is 46.7 Å². The molecule has 1 aliphatic rings. The lowest BCUT2D eigenvalue weighted by Gasteiger charge is -2.16. The third-order valence-corrected chi connectivity index (χ3v) is 2.34. The maximum absolute atomic E-state index is 11.5. The highest BCUT2D eigenvalue weighted by Gasteiger charge is 2.29. The van der Waals surface area contributed by atoms with Crippen molar-refractivity contribution < 1.29 is 24.6 Å². The molecule has 1 aliphatic heterocycles. The number of aliphatic carboxylic acids is 1. The summed E-state index contributed by atoms with van der Waals surface area (Å²) in [5.41, 5.74) is 0. The monoisotopic (exact) mass is 230 g/mol. The van der Waals surface area contributed by atoms with Crippen LogP contribution in [0.25, 0.3) is 0 Å². The molecule has 0 aromatic carbocycles. The van der Waals surface area contributed by atoms with Gasteiger partial charge in [-0.2, -0.15) is 0 Å². The molecule has 2 amide bonds. The van der Waals surface area contributed by atoms with E-state index < -0.39 is 24.0 Å². The molecule has 1 heterocycles. The van der Waals surface area contributed by atoms with Crippen molar-refractivity contribution >= 4 is 17.8 Å². The van der Waals surface area contributed by atoms with Gasteiger partial charge in [0.2, 0.25) is 11.8 Å². The fraction of sp³-hybridized carbons (Fsp3) is 0.667. The van der Waals surface area contributed by atoms with Crippen LogP contribution < -0.4 is 10.6 Å². The van der Waals surface area contributed by atoms with Crippen LogP contribution in [0.5, 0.6) is 0 Å². The van der Waals surface area contributed by atoms with E-state index in [0.29, 0.717) is 6.42 Å². The van der Waals surface area contributed by atoms with Crippen LogP contribution in [0.1, 0.15) is 19.3 Å². The Balaban J connectivity index is 2.48. The number of amides is 2. The minimum absolute atomic E-state index is 0.0538. The maximum Gasteiger partial charge on any atom is 0.326 e. The van der Waals surface area contributed by atoms with Crippen LogP contribution in [0.2, 0.25) is 0 Å². The molecular weight excluding hydrogens is 216 g/mol. The molecule has 7 heteroatoms. The summed E-state index contributed by atoms with van der Waals surface area (Å²) in [6.07, 6.45) is 0.591. The molecule has 1 fully saturated rings. The molecule has 4 N–H and O–H groups in total. The van der Waals surface area contributed by atoms with Crippen LogP contribution in [0.4, 0.5) is 0 Å². The first-order valence-corrected chi connectivity index (χ1v) is 4.98. The van der Waals surface area contributed by atoms with Gasteiger partial charge in [0.15, 0.2) is 0 Å². The van der Waals surface area contributed by atoms with Gasteiger partial charge in [-0.1, -0.05) is 0 Å². The number of carbonyl (C=O) groups is 3. The Morgan fingerprint density at radius 1 is 1.56 bits per heavy atom. The smallest absolute Gasteiger partial charge is 0.326 e. The fourth-order valence-electron chi connectivity index (χ4n) is 1.47. The van der Waals surface area contributed by atoms with E-state index >= 15 is 0 Å². The Labute approximate surface area is 91.8 Å². The molecule has 1 rings (SSSR count). The van der Waals surface area contributed by atoms with Crippen molar-refractivity contribution in [3.8, 4) is 0 Å². The highest BCUT2D eigenvalue weighted by atomic mass is 16.4. The Hall–Kier alpha value is -1.63. The molecule has 0 bridgehead atoms. The van der Waals surface area contributed by atoms with E-state index in [1.807, 2.05) is 0 Å². The topological polar surface area (TPSA) is 116 Å². The summed E-state index contributed by atoms with van der Waals surface area (Å²) in [5, 5.41) is 22.1. The van der Waals surface area contributed by atoms with Crippen LogP contribution >= 0.6 is 0 Å². The van der Waals surface area contributed by atoms with E-state index in [-0.39, 0.29) is 25.4 Å². The second kappa shape index (κ2) is 5.45. The van der Waals surface area contributed by atoms with Gasteiger partial charge in [-0.15, -0.1) is 0 Å². The number of carbonyl (C=O) groups excluding carboxylic acids is 2. The van der Waals surface area contributed by atoms with Crippen molar-refractivity contribution in [1.82, 2.24) is 10.6 Å². The summed E-state index contributed by atoms with van der Waals surface area (Å²) in [7, 11) is 0. The van der Waals surface area contributed by atoms with Crippen molar-refractivity contribution in [2.24, 2.45) is 0 Å². The number of aliphatic hydroxyl groups excluding tert-OH is 1. The number of rotatable bonds is 5. The third-order valence-electron chi connectivity index (χ3n) is 2.34. The molecule has 1 unspecified atom stereocenters. The van der Waals surface area contributed by atoms with E-state index in [4.69, 9.17) is 10.2 Å². The molecule has 0 saturated carbocycles. The molecule has 0 spiro atoms. The van der Waals surface area contributed by atoms with E-state index in [9.17, 15) is 14.4 Å². The van der Waals surface area contributed by atoms with Crippen molar-refractivity contribution in [3.63, 3.8) is 0 Å². The quantitative estimate of drug-likeness (QED) is 0.445. The summed E-state index contributed by atoms with van der Waals surface area (Å²) >= 11 is 0. The van der Waals surface area contributed by atoms with Crippen LogP contribution in [-0.2, 0) is 14.4 Å². The van der Waals surface area contributed by atoms with Gasteiger partial charge in [0, 0.05) is 19.4 Å². The van der Waals surface area contributed by atoms with Crippen molar-refractivity contribution in [2.45, 2.75) is 31.3 Å². The van der Waals surface area contributed by atoms with Gasteiger partial charge in [0.1, 0.15) is 12.1 Å². The highest BCUT2D eigenvalue weighted by Crippen LogP contribution is 2.07.